The maximum atomic E-state index is 12.0. The van der Waals surface area contributed by atoms with Gasteiger partial charge in [0.1, 0.15) is 5.75 Å². The minimum absolute atomic E-state index is 0.263. The highest BCUT2D eigenvalue weighted by Gasteiger charge is 2.10. The number of hydrogen-bond acceptors (Lipinski definition) is 7. The highest BCUT2D eigenvalue weighted by atomic mass is 32.2. The van der Waals surface area contributed by atoms with Gasteiger partial charge in [-0.2, -0.15) is 5.26 Å². The van der Waals surface area contributed by atoms with Crippen molar-refractivity contribution in [3.05, 3.63) is 29.8 Å². The minimum atomic E-state index is -0.263. The van der Waals surface area contributed by atoms with Gasteiger partial charge in [0.25, 0.3) is 5.91 Å². The number of anilines is 1. The van der Waals surface area contributed by atoms with Gasteiger partial charge in [0, 0.05) is 5.56 Å². The van der Waals surface area contributed by atoms with Crippen molar-refractivity contribution in [2.24, 2.45) is 0 Å². The van der Waals surface area contributed by atoms with Gasteiger partial charge in [-0.25, -0.2) is 0 Å². The van der Waals surface area contributed by atoms with Crippen LogP contribution in [-0.2, 0) is 0 Å². The molecule has 0 aliphatic heterocycles. The van der Waals surface area contributed by atoms with Crippen LogP contribution in [0.5, 0.6) is 5.75 Å². The number of benzene rings is 1. The van der Waals surface area contributed by atoms with Crippen LogP contribution in [0, 0.1) is 11.3 Å². The Hall–Kier alpha value is -2.11. The molecule has 2 aromatic rings. The minimum Gasteiger partial charge on any atom is -0.497 e. The molecule has 0 unspecified atom stereocenters. The van der Waals surface area contributed by atoms with Crippen molar-refractivity contribution < 1.29 is 9.53 Å². The lowest BCUT2D eigenvalue weighted by atomic mass is 10.2. The first-order valence-electron chi connectivity index (χ1n) is 5.51. The van der Waals surface area contributed by atoms with Crippen LogP contribution in [0.25, 0.3) is 0 Å². The van der Waals surface area contributed by atoms with Crippen LogP contribution < -0.4 is 10.1 Å². The number of methoxy groups -OCH3 is 1. The number of rotatable bonds is 5. The summed E-state index contributed by atoms with van der Waals surface area (Å²) in [5.41, 5.74) is 0.507. The number of thioether (sulfide) groups is 1. The second-order valence-electron chi connectivity index (χ2n) is 3.50. The smallest absolute Gasteiger partial charge is 0.257 e. The third kappa shape index (κ3) is 3.69. The molecule has 1 amide bonds. The summed E-state index contributed by atoms with van der Waals surface area (Å²) in [6.07, 6.45) is 0. The van der Waals surface area contributed by atoms with E-state index in [2.05, 4.69) is 15.5 Å². The monoisotopic (exact) mass is 306 g/mol. The van der Waals surface area contributed by atoms with Gasteiger partial charge in [-0.3, -0.25) is 10.1 Å². The summed E-state index contributed by atoms with van der Waals surface area (Å²) >= 11 is 2.52. The van der Waals surface area contributed by atoms with E-state index in [0.29, 0.717) is 26.5 Å². The summed E-state index contributed by atoms with van der Waals surface area (Å²) in [5, 5.41) is 19.3. The topological polar surface area (TPSA) is 87.9 Å². The van der Waals surface area contributed by atoms with E-state index < -0.39 is 0 Å². The van der Waals surface area contributed by atoms with Gasteiger partial charge in [0.2, 0.25) is 5.13 Å². The second kappa shape index (κ2) is 6.88. The van der Waals surface area contributed by atoms with Gasteiger partial charge in [0.15, 0.2) is 4.34 Å². The van der Waals surface area contributed by atoms with Crippen molar-refractivity contribution in [2.45, 2.75) is 4.34 Å². The van der Waals surface area contributed by atoms with Crippen LogP contribution in [-0.4, -0.2) is 29.0 Å². The number of amides is 1. The molecule has 0 fully saturated rings. The molecule has 0 aliphatic carbocycles. The normalized spacial score (nSPS) is 9.80. The molecule has 0 atom stereocenters. The quantitative estimate of drug-likeness (QED) is 0.674. The molecule has 0 saturated heterocycles. The molecule has 0 aliphatic rings. The zero-order chi connectivity index (χ0) is 14.4. The number of ether oxygens (including phenoxy) is 1. The molecule has 0 bridgehead atoms. The van der Waals surface area contributed by atoms with Crippen LogP contribution in [0.15, 0.2) is 28.6 Å². The predicted molar refractivity (Wildman–Crippen MR) is 77.2 cm³/mol. The molecule has 20 heavy (non-hydrogen) atoms. The summed E-state index contributed by atoms with van der Waals surface area (Å²) in [7, 11) is 1.57. The molecular weight excluding hydrogens is 296 g/mol. The molecule has 1 heterocycles. The van der Waals surface area contributed by atoms with Crippen LogP contribution in [0.4, 0.5) is 5.13 Å². The Morgan fingerprint density at radius 1 is 1.45 bits per heavy atom. The summed E-state index contributed by atoms with van der Waals surface area (Å²) in [6, 6.07) is 8.76. The average Bonchev–Trinajstić information content (AvgIpc) is 2.92. The third-order valence-corrected chi connectivity index (χ3v) is 4.08. The van der Waals surface area contributed by atoms with Crippen molar-refractivity contribution in [3.63, 3.8) is 0 Å². The zero-order valence-corrected chi connectivity index (χ0v) is 12.1. The Bertz CT molecular complexity index is 634. The van der Waals surface area contributed by atoms with E-state index in [9.17, 15) is 4.79 Å². The van der Waals surface area contributed by atoms with Gasteiger partial charge in [-0.15, -0.1) is 10.2 Å². The summed E-state index contributed by atoms with van der Waals surface area (Å²) in [5.74, 6) is 0.731. The van der Waals surface area contributed by atoms with Crippen LogP contribution in [0.3, 0.4) is 0 Å². The second-order valence-corrected chi connectivity index (χ2v) is 5.70. The number of nitriles is 1. The molecular formula is C12H10N4O2S2. The van der Waals surface area contributed by atoms with Gasteiger partial charge >= 0.3 is 0 Å². The maximum Gasteiger partial charge on any atom is 0.257 e. The van der Waals surface area contributed by atoms with E-state index in [1.54, 1.807) is 31.4 Å². The van der Waals surface area contributed by atoms with Gasteiger partial charge < -0.3 is 4.74 Å². The van der Waals surface area contributed by atoms with Crippen molar-refractivity contribution in [3.8, 4) is 11.8 Å². The van der Waals surface area contributed by atoms with Gasteiger partial charge in [-0.05, 0) is 24.3 Å². The van der Waals surface area contributed by atoms with E-state index in [0.717, 1.165) is 0 Å². The number of hydrogen-bond donors (Lipinski definition) is 1. The molecule has 1 aromatic heterocycles. The molecule has 102 valence electrons. The van der Waals surface area contributed by atoms with Crippen LogP contribution in [0.1, 0.15) is 10.4 Å². The fourth-order valence-corrected chi connectivity index (χ4v) is 2.73. The van der Waals surface area contributed by atoms with Gasteiger partial charge in [0.05, 0.1) is 18.9 Å². The number of nitrogens with one attached hydrogen (secondary N) is 1. The first-order valence-corrected chi connectivity index (χ1v) is 7.32. The highest BCUT2D eigenvalue weighted by molar-refractivity contribution is 8.01. The fraction of sp³-hybridized carbons (Fsp3) is 0.167. The molecule has 2 rings (SSSR count). The van der Waals surface area contributed by atoms with Gasteiger partial charge in [-0.1, -0.05) is 23.1 Å². The first-order chi connectivity index (χ1) is 9.72. The summed E-state index contributed by atoms with van der Waals surface area (Å²) in [4.78, 5) is 12.0. The van der Waals surface area contributed by atoms with E-state index in [1.165, 1.54) is 23.1 Å². The Kier molecular flexibility index (Phi) is 4.92. The van der Waals surface area contributed by atoms with Crippen molar-refractivity contribution >= 4 is 34.1 Å². The van der Waals surface area contributed by atoms with Crippen molar-refractivity contribution in [1.29, 1.82) is 5.26 Å². The maximum absolute atomic E-state index is 12.0. The van der Waals surface area contributed by atoms with Crippen LogP contribution in [0.2, 0.25) is 0 Å². The molecule has 1 aromatic carbocycles. The Balaban J connectivity index is 1.99. The Morgan fingerprint density at radius 3 is 2.85 bits per heavy atom. The SMILES string of the molecule is COc1ccc(C(=O)Nc2nnc(SCC#N)s2)cc1. The molecule has 0 saturated carbocycles. The number of nitrogens with zero attached hydrogens (tertiary/aromatic N) is 3. The van der Waals surface area contributed by atoms with E-state index in [1.807, 2.05) is 6.07 Å². The van der Waals surface area contributed by atoms with E-state index >= 15 is 0 Å². The molecule has 6 nitrogen and oxygen atoms in total. The zero-order valence-electron chi connectivity index (χ0n) is 10.5. The lowest BCUT2D eigenvalue weighted by Gasteiger charge is -2.02. The highest BCUT2D eigenvalue weighted by Crippen LogP contribution is 2.25. The fourth-order valence-electron chi connectivity index (χ4n) is 1.32. The largest absolute Gasteiger partial charge is 0.497 e. The van der Waals surface area contributed by atoms with E-state index in [4.69, 9.17) is 10.00 Å². The molecule has 8 heteroatoms. The number of carbonyl (C=O) groups is 1. The van der Waals surface area contributed by atoms with Crippen molar-refractivity contribution in [2.75, 3.05) is 18.2 Å². The first kappa shape index (κ1) is 14.3. The third-order valence-electron chi connectivity index (χ3n) is 2.24. The summed E-state index contributed by atoms with van der Waals surface area (Å²) < 4.78 is 5.68. The number of aromatic nitrogens is 2. The predicted octanol–water partition coefficient (Wildman–Crippen LogP) is 2.41. The Labute approximate surface area is 123 Å². The molecule has 0 radical (unpaired) electrons. The summed E-state index contributed by atoms with van der Waals surface area (Å²) in [6.45, 7) is 0. The lowest BCUT2D eigenvalue weighted by molar-refractivity contribution is 0.102. The lowest BCUT2D eigenvalue weighted by Crippen LogP contribution is -2.11. The van der Waals surface area contributed by atoms with Crippen molar-refractivity contribution in [1.82, 2.24) is 10.2 Å². The number of carbonyl (C=O) groups excluding carboxylic acids is 1. The van der Waals surface area contributed by atoms with E-state index in [-0.39, 0.29) is 5.91 Å². The van der Waals surface area contributed by atoms with Crippen LogP contribution >= 0.6 is 23.1 Å². The average molecular weight is 306 g/mol. The molecule has 1 N–H and O–H groups in total. The Morgan fingerprint density at radius 2 is 2.20 bits per heavy atom. The molecule has 0 spiro atoms. The standard InChI is InChI=1S/C12H10N4O2S2/c1-18-9-4-2-8(3-5-9)10(17)14-11-15-16-12(20-11)19-7-6-13/h2-5H,7H2,1H3,(H,14,15,17).